The van der Waals surface area contributed by atoms with E-state index in [4.69, 9.17) is 14.7 Å². The van der Waals surface area contributed by atoms with E-state index in [-0.39, 0.29) is 5.91 Å². The number of aryl methyl sites for hydroxylation is 1. The van der Waals surface area contributed by atoms with Crippen LogP contribution in [-0.2, 0) is 24.2 Å². The minimum absolute atomic E-state index is 0.110. The second kappa shape index (κ2) is 10.3. The molecule has 0 bridgehead atoms. The minimum Gasteiger partial charge on any atom is -0.497 e. The van der Waals surface area contributed by atoms with Crippen LogP contribution in [0.3, 0.4) is 0 Å². The molecule has 1 saturated heterocycles. The first-order valence-electron chi connectivity index (χ1n) is 11.7. The summed E-state index contributed by atoms with van der Waals surface area (Å²) in [6, 6.07) is 8.25. The summed E-state index contributed by atoms with van der Waals surface area (Å²) in [7, 11) is 3.86. The van der Waals surface area contributed by atoms with Crippen LogP contribution in [0, 0.1) is 0 Å². The molecule has 7 heteroatoms. The van der Waals surface area contributed by atoms with Gasteiger partial charge in [0.05, 0.1) is 19.3 Å². The summed E-state index contributed by atoms with van der Waals surface area (Å²) in [5.74, 6) is 3.25. The first-order chi connectivity index (χ1) is 15.5. The number of carbonyl (C=O) groups excluding carboxylic acids is 1. The number of benzene rings is 1. The van der Waals surface area contributed by atoms with Crippen molar-refractivity contribution in [2.24, 2.45) is 0 Å². The number of likely N-dealkylation sites (tertiary alicyclic amines) is 1. The van der Waals surface area contributed by atoms with Gasteiger partial charge in [-0.25, -0.2) is 9.97 Å². The molecule has 1 atom stereocenters. The van der Waals surface area contributed by atoms with E-state index < -0.39 is 0 Å². The van der Waals surface area contributed by atoms with Crippen molar-refractivity contribution in [2.45, 2.75) is 51.5 Å². The van der Waals surface area contributed by atoms with Gasteiger partial charge in [0.1, 0.15) is 17.4 Å². The third-order valence-corrected chi connectivity index (χ3v) is 6.61. The van der Waals surface area contributed by atoms with E-state index >= 15 is 0 Å². The van der Waals surface area contributed by atoms with Crippen LogP contribution in [-0.4, -0.2) is 66.0 Å². The van der Waals surface area contributed by atoms with Gasteiger partial charge in [0.15, 0.2) is 0 Å². The third kappa shape index (κ3) is 5.38. The highest BCUT2D eigenvalue weighted by atomic mass is 16.5. The number of aromatic nitrogens is 2. The number of nitrogens with one attached hydrogen (secondary N) is 1. The quantitative estimate of drug-likeness (QED) is 0.671. The van der Waals surface area contributed by atoms with E-state index in [1.807, 2.05) is 17.0 Å². The zero-order valence-electron chi connectivity index (χ0n) is 19.6. The molecule has 2 aromatic rings. The molecule has 1 aromatic carbocycles. The van der Waals surface area contributed by atoms with E-state index in [1.54, 1.807) is 14.0 Å². The number of rotatable bonds is 7. The van der Waals surface area contributed by atoms with Gasteiger partial charge in [0.25, 0.3) is 0 Å². The smallest absolute Gasteiger partial charge is 0.219 e. The second-order valence-electron chi connectivity index (χ2n) is 9.03. The van der Waals surface area contributed by atoms with Crippen molar-refractivity contribution < 1.29 is 9.53 Å². The fourth-order valence-corrected chi connectivity index (χ4v) is 4.70. The van der Waals surface area contributed by atoms with Crippen LogP contribution < -0.4 is 10.1 Å². The lowest BCUT2D eigenvalue weighted by molar-refractivity contribution is -0.129. The average molecular weight is 438 g/mol. The van der Waals surface area contributed by atoms with Crippen LogP contribution in [0.4, 0.5) is 5.82 Å². The summed E-state index contributed by atoms with van der Waals surface area (Å²) in [5.41, 5.74) is 3.49. The van der Waals surface area contributed by atoms with Crippen molar-refractivity contribution in [3.05, 3.63) is 46.9 Å². The second-order valence-corrected chi connectivity index (χ2v) is 9.03. The molecular weight excluding hydrogens is 402 g/mol. The number of ether oxygens (including phenoxy) is 1. The van der Waals surface area contributed by atoms with Crippen LogP contribution >= 0.6 is 0 Å². The van der Waals surface area contributed by atoms with E-state index in [0.717, 1.165) is 80.5 Å². The Morgan fingerprint density at radius 1 is 1.22 bits per heavy atom. The van der Waals surface area contributed by atoms with Crippen molar-refractivity contribution in [1.82, 2.24) is 19.8 Å². The molecule has 1 N–H and O–H groups in total. The molecule has 0 radical (unpaired) electrons. The number of piperidine rings is 1. The number of anilines is 1. The number of carbonyl (C=O) groups is 1. The molecule has 32 heavy (non-hydrogen) atoms. The summed E-state index contributed by atoms with van der Waals surface area (Å²) in [5, 5.41) is 3.59. The highest BCUT2D eigenvalue weighted by Crippen LogP contribution is 2.29. The number of likely N-dealkylation sites (N-methyl/N-ethyl adjacent to an activating group) is 1. The Morgan fingerprint density at radius 3 is 2.75 bits per heavy atom. The van der Waals surface area contributed by atoms with Gasteiger partial charge in [-0.2, -0.15) is 0 Å². The molecule has 0 spiro atoms. The molecule has 7 nitrogen and oxygen atoms in total. The number of methoxy groups -OCH3 is 1. The van der Waals surface area contributed by atoms with Gasteiger partial charge in [-0.05, 0) is 57.0 Å². The average Bonchev–Trinajstić information content (AvgIpc) is 2.81. The third-order valence-electron chi connectivity index (χ3n) is 6.61. The van der Waals surface area contributed by atoms with Crippen LogP contribution in [0.25, 0.3) is 0 Å². The van der Waals surface area contributed by atoms with E-state index in [2.05, 4.69) is 29.4 Å². The summed E-state index contributed by atoms with van der Waals surface area (Å²) < 4.78 is 5.24. The SMILES string of the molecule is COc1ccc(CCCNc2nc([C@H]3CCCN(C)C3)nc3c2CN(C(C)=O)CC3)cc1. The molecule has 0 unspecified atom stereocenters. The number of fused-ring (bicyclic) bond motifs is 1. The first-order valence-corrected chi connectivity index (χ1v) is 11.7. The molecule has 0 saturated carbocycles. The molecule has 0 aliphatic carbocycles. The maximum Gasteiger partial charge on any atom is 0.219 e. The summed E-state index contributed by atoms with van der Waals surface area (Å²) in [6.45, 7) is 5.96. The summed E-state index contributed by atoms with van der Waals surface area (Å²) in [4.78, 5) is 26.2. The van der Waals surface area contributed by atoms with Gasteiger partial charge >= 0.3 is 0 Å². The normalized spacial score (nSPS) is 18.8. The molecule has 1 fully saturated rings. The van der Waals surface area contributed by atoms with Crippen molar-refractivity contribution in [1.29, 1.82) is 0 Å². The van der Waals surface area contributed by atoms with Gasteiger partial charge in [-0.15, -0.1) is 0 Å². The highest BCUT2D eigenvalue weighted by Gasteiger charge is 2.27. The molecule has 4 rings (SSSR count). The van der Waals surface area contributed by atoms with Gasteiger partial charge in [-0.3, -0.25) is 4.79 Å². The number of amides is 1. The topological polar surface area (TPSA) is 70.6 Å². The monoisotopic (exact) mass is 437 g/mol. The number of hydrogen-bond donors (Lipinski definition) is 1. The fraction of sp³-hybridized carbons (Fsp3) is 0.560. The van der Waals surface area contributed by atoms with Crippen LogP contribution in [0.1, 0.15) is 54.7 Å². The Hall–Kier alpha value is -2.67. The molecule has 1 amide bonds. The Morgan fingerprint density at radius 2 is 2.03 bits per heavy atom. The zero-order chi connectivity index (χ0) is 22.5. The lowest BCUT2D eigenvalue weighted by atomic mass is 9.96. The van der Waals surface area contributed by atoms with Crippen LogP contribution in [0.5, 0.6) is 5.75 Å². The Kier molecular flexibility index (Phi) is 7.25. The van der Waals surface area contributed by atoms with Crippen molar-refractivity contribution in [3.8, 4) is 5.75 Å². The largest absolute Gasteiger partial charge is 0.497 e. The molecule has 1 aromatic heterocycles. The maximum atomic E-state index is 12.0. The standard InChI is InChI=1S/C25H35N5O2/c1-18(31)30-15-12-23-22(17-30)25(28-24(27-23)20-7-5-14-29(2)16-20)26-13-4-6-19-8-10-21(32-3)11-9-19/h8-11,20H,4-7,12-17H2,1-3H3,(H,26,27,28)/t20-/m0/s1. The van der Waals surface area contributed by atoms with E-state index in [0.29, 0.717) is 12.5 Å². The summed E-state index contributed by atoms with van der Waals surface area (Å²) >= 11 is 0. The van der Waals surface area contributed by atoms with E-state index in [9.17, 15) is 4.79 Å². The Labute approximate surface area is 191 Å². The lowest BCUT2D eigenvalue weighted by Gasteiger charge is -2.32. The van der Waals surface area contributed by atoms with Crippen molar-refractivity contribution in [2.75, 3.05) is 45.7 Å². The Bertz CT molecular complexity index is 931. The van der Waals surface area contributed by atoms with Gasteiger partial charge in [0.2, 0.25) is 5.91 Å². The molecular formula is C25H35N5O2. The minimum atomic E-state index is 0.110. The number of hydrogen-bond acceptors (Lipinski definition) is 6. The van der Waals surface area contributed by atoms with Crippen molar-refractivity contribution >= 4 is 11.7 Å². The van der Waals surface area contributed by atoms with Crippen LogP contribution in [0.2, 0.25) is 0 Å². The molecule has 2 aliphatic heterocycles. The maximum absolute atomic E-state index is 12.0. The summed E-state index contributed by atoms with van der Waals surface area (Å²) in [6.07, 6.45) is 5.12. The van der Waals surface area contributed by atoms with Gasteiger partial charge in [0, 0.05) is 44.5 Å². The number of nitrogens with zero attached hydrogens (tertiary/aromatic N) is 4. The molecule has 2 aliphatic rings. The highest BCUT2D eigenvalue weighted by molar-refractivity contribution is 5.74. The van der Waals surface area contributed by atoms with Gasteiger partial charge in [-0.1, -0.05) is 12.1 Å². The first kappa shape index (κ1) is 22.5. The zero-order valence-corrected chi connectivity index (χ0v) is 19.6. The molecule has 172 valence electrons. The predicted octanol–water partition coefficient (Wildman–Crippen LogP) is 3.24. The lowest BCUT2D eigenvalue weighted by Crippen LogP contribution is -2.36. The molecule has 3 heterocycles. The van der Waals surface area contributed by atoms with Gasteiger partial charge < -0.3 is 19.9 Å². The van der Waals surface area contributed by atoms with E-state index in [1.165, 1.54) is 12.0 Å². The Balaban J connectivity index is 1.47. The van der Waals surface area contributed by atoms with Crippen LogP contribution in [0.15, 0.2) is 24.3 Å². The van der Waals surface area contributed by atoms with Crippen molar-refractivity contribution in [3.63, 3.8) is 0 Å². The fourth-order valence-electron chi connectivity index (χ4n) is 4.70. The predicted molar refractivity (Wildman–Crippen MR) is 126 cm³/mol.